The van der Waals surface area contributed by atoms with Gasteiger partial charge in [0, 0.05) is 22.6 Å². The predicted molar refractivity (Wildman–Crippen MR) is 88.5 cm³/mol. The van der Waals surface area contributed by atoms with Crippen LogP contribution in [-0.4, -0.2) is 9.55 Å². The zero-order valence-corrected chi connectivity index (χ0v) is 13.6. The number of rotatable bonds is 2. The van der Waals surface area contributed by atoms with Crippen molar-refractivity contribution in [3.05, 3.63) is 56.2 Å². The first-order valence-electron chi connectivity index (χ1n) is 7.86. The molecule has 0 bridgehead atoms. The van der Waals surface area contributed by atoms with Crippen LogP contribution in [-0.2, 0) is 11.8 Å². The van der Waals surface area contributed by atoms with E-state index in [-0.39, 0.29) is 22.7 Å². The van der Waals surface area contributed by atoms with Gasteiger partial charge in [-0.25, -0.2) is 4.79 Å². The van der Waals surface area contributed by atoms with Crippen LogP contribution in [0.5, 0.6) is 0 Å². The Bertz CT molecular complexity index is 845. The van der Waals surface area contributed by atoms with Gasteiger partial charge >= 0.3 is 5.69 Å². The third kappa shape index (κ3) is 1.97. The summed E-state index contributed by atoms with van der Waals surface area (Å²) < 4.78 is 1.33. The fourth-order valence-corrected chi connectivity index (χ4v) is 3.51. The van der Waals surface area contributed by atoms with Gasteiger partial charge in [0.1, 0.15) is 0 Å². The molecule has 3 rings (SSSR count). The summed E-state index contributed by atoms with van der Waals surface area (Å²) in [7, 11) is 0. The summed E-state index contributed by atoms with van der Waals surface area (Å²) in [6.45, 7) is 7.94. The van der Waals surface area contributed by atoms with Crippen molar-refractivity contribution in [3.8, 4) is 11.3 Å². The highest BCUT2D eigenvalue weighted by Gasteiger charge is 2.37. The molecule has 1 aromatic heterocycles. The lowest BCUT2D eigenvalue weighted by Crippen LogP contribution is -2.45. The first-order chi connectivity index (χ1) is 10.4. The molecule has 0 saturated heterocycles. The van der Waals surface area contributed by atoms with E-state index >= 15 is 0 Å². The largest absolute Gasteiger partial charge is 0.329 e. The molecule has 1 aliphatic carbocycles. The number of aromatic nitrogens is 2. The van der Waals surface area contributed by atoms with Gasteiger partial charge in [-0.1, -0.05) is 38.1 Å². The van der Waals surface area contributed by atoms with Crippen LogP contribution in [0.3, 0.4) is 0 Å². The Hall–Kier alpha value is -2.10. The molecule has 116 valence electrons. The molecule has 1 heterocycles. The molecule has 2 aromatic rings. The Labute approximate surface area is 129 Å². The molecule has 0 amide bonds. The molecular formula is C18H22N2O2. The smallest absolute Gasteiger partial charge is 0.306 e. The SMILES string of the molecule is CC[C@@]1(C)Cc2ccccc2-c2[nH]c(=O)n(C(C)C)c(=O)c21. The summed E-state index contributed by atoms with van der Waals surface area (Å²) in [6, 6.07) is 7.87. The molecular weight excluding hydrogens is 276 g/mol. The third-order valence-corrected chi connectivity index (χ3v) is 4.90. The Morgan fingerprint density at radius 1 is 1.27 bits per heavy atom. The van der Waals surface area contributed by atoms with Crippen molar-refractivity contribution in [1.29, 1.82) is 0 Å². The van der Waals surface area contributed by atoms with E-state index in [0.717, 1.165) is 24.0 Å². The van der Waals surface area contributed by atoms with E-state index in [1.165, 1.54) is 10.1 Å². The van der Waals surface area contributed by atoms with Gasteiger partial charge in [0.15, 0.2) is 0 Å². The molecule has 4 heteroatoms. The molecule has 0 radical (unpaired) electrons. The van der Waals surface area contributed by atoms with Crippen molar-refractivity contribution in [2.75, 3.05) is 0 Å². The first-order valence-corrected chi connectivity index (χ1v) is 7.86. The van der Waals surface area contributed by atoms with Gasteiger partial charge in [-0.15, -0.1) is 0 Å². The lowest BCUT2D eigenvalue weighted by atomic mass is 9.69. The van der Waals surface area contributed by atoms with Crippen molar-refractivity contribution >= 4 is 0 Å². The van der Waals surface area contributed by atoms with Crippen LogP contribution in [0.25, 0.3) is 11.3 Å². The first kappa shape index (κ1) is 14.8. The number of nitrogens with one attached hydrogen (secondary N) is 1. The van der Waals surface area contributed by atoms with Gasteiger partial charge < -0.3 is 4.98 Å². The molecule has 4 nitrogen and oxygen atoms in total. The third-order valence-electron chi connectivity index (χ3n) is 4.90. The molecule has 0 saturated carbocycles. The molecule has 0 unspecified atom stereocenters. The van der Waals surface area contributed by atoms with Crippen molar-refractivity contribution in [2.24, 2.45) is 0 Å². The molecule has 1 atom stereocenters. The van der Waals surface area contributed by atoms with Crippen LogP contribution < -0.4 is 11.2 Å². The van der Waals surface area contributed by atoms with Crippen LogP contribution in [0.15, 0.2) is 33.9 Å². The Balaban J connectivity index is 2.46. The maximum Gasteiger partial charge on any atom is 0.329 e. The van der Waals surface area contributed by atoms with Gasteiger partial charge in [-0.3, -0.25) is 9.36 Å². The van der Waals surface area contributed by atoms with Gasteiger partial charge in [0.05, 0.1) is 5.69 Å². The van der Waals surface area contributed by atoms with Crippen LogP contribution in [0, 0.1) is 0 Å². The van der Waals surface area contributed by atoms with Gasteiger partial charge in [-0.05, 0) is 32.3 Å². The maximum atomic E-state index is 13.0. The van der Waals surface area contributed by atoms with E-state index < -0.39 is 0 Å². The van der Waals surface area contributed by atoms with Crippen LogP contribution in [0.1, 0.15) is 51.3 Å². The summed E-state index contributed by atoms with van der Waals surface area (Å²) in [5.74, 6) is 0. The summed E-state index contributed by atoms with van der Waals surface area (Å²) in [6.07, 6.45) is 1.68. The maximum absolute atomic E-state index is 13.0. The van der Waals surface area contributed by atoms with E-state index in [1.54, 1.807) is 0 Å². The lowest BCUT2D eigenvalue weighted by molar-refractivity contribution is 0.426. The average molecular weight is 298 g/mol. The van der Waals surface area contributed by atoms with Crippen molar-refractivity contribution in [2.45, 2.75) is 52.0 Å². The molecule has 1 N–H and O–H groups in total. The van der Waals surface area contributed by atoms with E-state index in [9.17, 15) is 9.59 Å². The van der Waals surface area contributed by atoms with E-state index in [1.807, 2.05) is 32.0 Å². The van der Waals surface area contributed by atoms with Gasteiger partial charge in [0.25, 0.3) is 5.56 Å². The van der Waals surface area contributed by atoms with Crippen LogP contribution in [0.2, 0.25) is 0 Å². The summed E-state index contributed by atoms with van der Waals surface area (Å²) in [5.41, 5.74) is 2.91. The Morgan fingerprint density at radius 3 is 2.59 bits per heavy atom. The topological polar surface area (TPSA) is 54.9 Å². The molecule has 0 spiro atoms. The normalized spacial score (nSPS) is 19.9. The number of hydrogen-bond donors (Lipinski definition) is 1. The quantitative estimate of drug-likeness (QED) is 0.926. The number of hydrogen-bond acceptors (Lipinski definition) is 2. The molecule has 22 heavy (non-hydrogen) atoms. The zero-order chi connectivity index (χ0) is 16.1. The van der Waals surface area contributed by atoms with E-state index in [0.29, 0.717) is 5.69 Å². The second-order valence-corrected chi connectivity index (χ2v) is 6.70. The van der Waals surface area contributed by atoms with Gasteiger partial charge in [-0.2, -0.15) is 0 Å². The fourth-order valence-electron chi connectivity index (χ4n) is 3.51. The van der Waals surface area contributed by atoms with E-state index in [4.69, 9.17) is 0 Å². The van der Waals surface area contributed by atoms with Crippen molar-refractivity contribution < 1.29 is 0 Å². The summed E-state index contributed by atoms with van der Waals surface area (Å²) >= 11 is 0. The minimum atomic E-state index is -0.325. The summed E-state index contributed by atoms with van der Waals surface area (Å²) in [4.78, 5) is 28.3. The highest BCUT2D eigenvalue weighted by Crippen LogP contribution is 2.41. The van der Waals surface area contributed by atoms with Crippen molar-refractivity contribution in [1.82, 2.24) is 9.55 Å². The molecule has 1 aromatic carbocycles. The van der Waals surface area contributed by atoms with Crippen LogP contribution >= 0.6 is 0 Å². The summed E-state index contributed by atoms with van der Waals surface area (Å²) in [5, 5.41) is 0. The number of benzene rings is 1. The number of nitrogens with zero attached hydrogens (tertiary/aromatic N) is 1. The average Bonchev–Trinajstić information content (AvgIpc) is 2.46. The number of aromatic amines is 1. The lowest BCUT2D eigenvalue weighted by Gasteiger charge is -2.35. The minimum absolute atomic E-state index is 0.146. The number of fused-ring (bicyclic) bond motifs is 3. The zero-order valence-electron chi connectivity index (χ0n) is 13.6. The van der Waals surface area contributed by atoms with E-state index in [2.05, 4.69) is 24.9 Å². The number of H-pyrrole nitrogens is 1. The molecule has 0 aliphatic heterocycles. The van der Waals surface area contributed by atoms with Gasteiger partial charge in [0.2, 0.25) is 0 Å². The predicted octanol–water partition coefficient (Wildman–Crippen LogP) is 3.01. The highest BCUT2D eigenvalue weighted by atomic mass is 16.2. The fraction of sp³-hybridized carbons (Fsp3) is 0.444. The minimum Gasteiger partial charge on any atom is -0.306 e. The van der Waals surface area contributed by atoms with Crippen molar-refractivity contribution in [3.63, 3.8) is 0 Å². The Morgan fingerprint density at radius 2 is 1.95 bits per heavy atom. The highest BCUT2D eigenvalue weighted by molar-refractivity contribution is 5.71. The Kier molecular flexibility index (Phi) is 3.35. The molecule has 1 aliphatic rings. The standard InChI is InChI=1S/C18H22N2O2/c1-5-18(4)10-12-8-6-7-9-13(12)15-14(18)16(21)20(11(2)3)17(22)19-15/h6-9,11H,5,10H2,1-4H3,(H,19,22)/t18-/m0/s1. The second kappa shape index (κ2) is 4.97. The molecule has 0 fully saturated rings. The van der Waals surface area contributed by atoms with Crippen LogP contribution in [0.4, 0.5) is 0 Å². The second-order valence-electron chi connectivity index (χ2n) is 6.70. The monoisotopic (exact) mass is 298 g/mol.